The Hall–Kier alpha value is -1.57. The summed E-state index contributed by atoms with van der Waals surface area (Å²) in [4.78, 5) is 11.3. The molecule has 1 aromatic carbocycles. The van der Waals surface area contributed by atoms with E-state index in [2.05, 4.69) is 0 Å². The largest absolute Gasteiger partial charge is 0.396 e. The zero-order valence-electron chi connectivity index (χ0n) is 9.94. The van der Waals surface area contributed by atoms with Gasteiger partial charge in [0, 0.05) is 6.42 Å². The quantitative estimate of drug-likeness (QED) is 0.921. The van der Waals surface area contributed by atoms with Crippen molar-refractivity contribution in [1.29, 1.82) is 0 Å². The number of sulfonamides is 1. The Bertz CT molecular complexity index is 540. The maximum Gasteiger partial charge on any atom is 0.396 e. The van der Waals surface area contributed by atoms with Crippen molar-refractivity contribution in [1.82, 2.24) is 4.72 Å². The number of hydrogen-bond donors (Lipinski definition) is 1. The molecule has 0 aromatic heterocycles. The van der Waals surface area contributed by atoms with Crippen molar-refractivity contribution in [3.63, 3.8) is 0 Å². The Morgan fingerprint density at radius 1 is 1.26 bits per heavy atom. The second-order valence-electron chi connectivity index (χ2n) is 4.01. The van der Waals surface area contributed by atoms with E-state index in [0.29, 0.717) is 6.26 Å². The van der Waals surface area contributed by atoms with Crippen molar-refractivity contribution in [3.05, 3.63) is 35.9 Å². The lowest BCUT2D eigenvalue weighted by Gasteiger charge is -2.20. The molecule has 0 radical (unpaired) electrons. The van der Waals surface area contributed by atoms with Crippen molar-refractivity contribution in [2.45, 2.75) is 18.5 Å². The SMILES string of the molecule is CS(=O)(=O)NC(=O)CC(c1ccccc1)C(F)(F)F. The third-order valence-corrected chi connectivity index (χ3v) is 2.88. The molecule has 1 rings (SSSR count). The number of carbonyl (C=O) groups is 1. The van der Waals surface area contributed by atoms with Gasteiger partial charge in [-0.2, -0.15) is 13.2 Å². The van der Waals surface area contributed by atoms with Crippen LogP contribution in [0.2, 0.25) is 0 Å². The van der Waals surface area contributed by atoms with E-state index >= 15 is 0 Å². The molecule has 0 aliphatic heterocycles. The Morgan fingerprint density at radius 3 is 2.21 bits per heavy atom. The number of alkyl halides is 3. The van der Waals surface area contributed by atoms with Gasteiger partial charge in [0.15, 0.2) is 0 Å². The van der Waals surface area contributed by atoms with Gasteiger partial charge in [0.05, 0.1) is 12.2 Å². The predicted octanol–water partition coefficient (Wildman–Crippen LogP) is 1.80. The van der Waals surface area contributed by atoms with Crippen LogP contribution < -0.4 is 4.72 Å². The molecule has 1 atom stereocenters. The summed E-state index contributed by atoms with van der Waals surface area (Å²) in [5.41, 5.74) is -0.0846. The van der Waals surface area contributed by atoms with E-state index in [0.717, 1.165) is 0 Å². The van der Waals surface area contributed by atoms with Gasteiger partial charge in [-0.3, -0.25) is 9.52 Å². The number of rotatable bonds is 4. The number of amides is 1. The average molecular weight is 295 g/mol. The Kier molecular flexibility index (Phi) is 4.56. The highest BCUT2D eigenvalue weighted by Gasteiger charge is 2.42. The number of halogens is 3. The third-order valence-electron chi connectivity index (χ3n) is 2.29. The summed E-state index contributed by atoms with van der Waals surface area (Å²) in [7, 11) is -3.86. The highest BCUT2D eigenvalue weighted by molar-refractivity contribution is 7.89. The fourth-order valence-corrected chi connectivity index (χ4v) is 2.04. The number of hydrogen-bond acceptors (Lipinski definition) is 3. The highest BCUT2D eigenvalue weighted by Crippen LogP contribution is 2.37. The minimum absolute atomic E-state index is 0.0846. The van der Waals surface area contributed by atoms with Crippen LogP contribution in [-0.4, -0.2) is 26.8 Å². The minimum atomic E-state index is -4.63. The molecular formula is C11H12F3NO3S. The molecule has 106 valence electrons. The zero-order valence-corrected chi connectivity index (χ0v) is 10.8. The lowest BCUT2D eigenvalue weighted by molar-refractivity contribution is -0.156. The van der Waals surface area contributed by atoms with Crippen LogP contribution in [0.1, 0.15) is 17.9 Å². The maximum atomic E-state index is 12.9. The molecule has 1 amide bonds. The molecule has 4 nitrogen and oxygen atoms in total. The minimum Gasteiger partial charge on any atom is -0.274 e. The van der Waals surface area contributed by atoms with Crippen molar-refractivity contribution < 1.29 is 26.4 Å². The van der Waals surface area contributed by atoms with Crippen LogP contribution in [0.25, 0.3) is 0 Å². The van der Waals surface area contributed by atoms with E-state index in [4.69, 9.17) is 0 Å². The molecule has 1 unspecified atom stereocenters. The molecule has 0 heterocycles. The van der Waals surface area contributed by atoms with Crippen molar-refractivity contribution >= 4 is 15.9 Å². The molecule has 19 heavy (non-hydrogen) atoms. The van der Waals surface area contributed by atoms with Crippen LogP contribution in [0.5, 0.6) is 0 Å². The molecule has 0 spiro atoms. The normalized spacial score (nSPS) is 13.9. The molecule has 0 saturated carbocycles. The molecule has 0 bridgehead atoms. The Balaban J connectivity index is 2.93. The standard InChI is InChI=1S/C11H12F3NO3S/c1-19(17,18)15-10(16)7-9(11(12,13)14)8-5-3-2-4-6-8/h2-6,9H,7H2,1H3,(H,15,16). The van der Waals surface area contributed by atoms with E-state index in [9.17, 15) is 26.4 Å². The first-order valence-electron chi connectivity index (χ1n) is 5.22. The van der Waals surface area contributed by atoms with Gasteiger partial charge in [-0.05, 0) is 5.56 Å². The summed E-state index contributed by atoms with van der Waals surface area (Å²) >= 11 is 0. The lowest BCUT2D eigenvalue weighted by atomic mass is 9.95. The van der Waals surface area contributed by atoms with E-state index < -0.39 is 34.4 Å². The fourth-order valence-electron chi connectivity index (χ4n) is 1.54. The molecule has 0 aliphatic carbocycles. The molecule has 0 fully saturated rings. The summed E-state index contributed by atoms with van der Waals surface area (Å²) in [6.07, 6.45) is -4.90. The Labute approximate surface area is 108 Å². The summed E-state index contributed by atoms with van der Waals surface area (Å²) in [6, 6.07) is 6.87. The molecular weight excluding hydrogens is 283 g/mol. The van der Waals surface area contributed by atoms with Gasteiger partial charge in [-0.15, -0.1) is 0 Å². The van der Waals surface area contributed by atoms with Gasteiger partial charge in [-0.1, -0.05) is 30.3 Å². The van der Waals surface area contributed by atoms with Crippen molar-refractivity contribution in [2.75, 3.05) is 6.26 Å². The number of nitrogens with one attached hydrogen (secondary N) is 1. The predicted molar refractivity (Wildman–Crippen MR) is 62.8 cm³/mol. The molecule has 0 saturated heterocycles. The van der Waals surface area contributed by atoms with E-state index in [-0.39, 0.29) is 5.56 Å². The van der Waals surface area contributed by atoms with Gasteiger partial charge < -0.3 is 0 Å². The first kappa shape index (κ1) is 15.5. The van der Waals surface area contributed by atoms with Crippen LogP contribution >= 0.6 is 0 Å². The Morgan fingerprint density at radius 2 is 1.79 bits per heavy atom. The lowest BCUT2D eigenvalue weighted by Crippen LogP contribution is -2.33. The number of benzene rings is 1. The molecule has 1 aromatic rings. The van der Waals surface area contributed by atoms with Crippen LogP contribution in [0, 0.1) is 0 Å². The van der Waals surface area contributed by atoms with E-state index in [1.165, 1.54) is 29.0 Å². The van der Waals surface area contributed by atoms with Gasteiger partial charge in [0.25, 0.3) is 0 Å². The summed E-state index contributed by atoms with van der Waals surface area (Å²) in [5, 5.41) is 0. The zero-order chi connectivity index (χ0) is 14.7. The second kappa shape index (κ2) is 5.60. The first-order chi connectivity index (χ1) is 8.59. The summed E-state index contributed by atoms with van der Waals surface area (Å²) < 4.78 is 61.7. The van der Waals surface area contributed by atoms with E-state index in [1.807, 2.05) is 0 Å². The van der Waals surface area contributed by atoms with E-state index in [1.54, 1.807) is 6.07 Å². The smallest absolute Gasteiger partial charge is 0.274 e. The highest BCUT2D eigenvalue weighted by atomic mass is 32.2. The van der Waals surface area contributed by atoms with Crippen molar-refractivity contribution in [2.24, 2.45) is 0 Å². The first-order valence-corrected chi connectivity index (χ1v) is 7.11. The van der Waals surface area contributed by atoms with Crippen LogP contribution in [0.3, 0.4) is 0 Å². The van der Waals surface area contributed by atoms with Crippen LogP contribution in [0.15, 0.2) is 30.3 Å². The monoisotopic (exact) mass is 295 g/mol. The third kappa shape index (κ3) is 5.29. The maximum absolute atomic E-state index is 12.9. The van der Waals surface area contributed by atoms with Gasteiger partial charge in [0.1, 0.15) is 0 Å². The average Bonchev–Trinajstić information content (AvgIpc) is 2.23. The van der Waals surface area contributed by atoms with Crippen LogP contribution in [-0.2, 0) is 14.8 Å². The summed E-state index contributed by atoms with van der Waals surface area (Å²) in [5.74, 6) is -3.22. The number of carbonyl (C=O) groups excluding carboxylic acids is 1. The van der Waals surface area contributed by atoms with Gasteiger partial charge in [-0.25, -0.2) is 8.42 Å². The van der Waals surface area contributed by atoms with Gasteiger partial charge in [0.2, 0.25) is 15.9 Å². The van der Waals surface area contributed by atoms with Crippen LogP contribution in [0.4, 0.5) is 13.2 Å². The van der Waals surface area contributed by atoms with Crippen molar-refractivity contribution in [3.8, 4) is 0 Å². The molecule has 0 aliphatic rings. The van der Waals surface area contributed by atoms with Gasteiger partial charge >= 0.3 is 6.18 Å². The fraction of sp³-hybridized carbons (Fsp3) is 0.364. The summed E-state index contributed by atoms with van der Waals surface area (Å²) in [6.45, 7) is 0. The molecule has 1 N–H and O–H groups in total. The molecule has 8 heteroatoms. The second-order valence-corrected chi connectivity index (χ2v) is 5.75. The topological polar surface area (TPSA) is 63.2 Å².